The van der Waals surface area contributed by atoms with Gasteiger partial charge in [-0.3, -0.25) is 9.59 Å². The van der Waals surface area contributed by atoms with Crippen LogP contribution < -0.4 is 10.9 Å². The molecule has 0 bridgehead atoms. The molecule has 1 saturated carbocycles. The van der Waals surface area contributed by atoms with E-state index in [9.17, 15) is 9.59 Å². The molecule has 1 N–H and O–H groups in total. The SMILES string of the molecule is CCNc1cnn(CC(=O)N(CC)C2CC2)c(=O)c1. The van der Waals surface area contributed by atoms with Crippen molar-refractivity contribution in [2.24, 2.45) is 0 Å². The largest absolute Gasteiger partial charge is 0.384 e. The lowest BCUT2D eigenvalue weighted by Gasteiger charge is -2.20. The Labute approximate surface area is 112 Å². The maximum atomic E-state index is 12.1. The summed E-state index contributed by atoms with van der Waals surface area (Å²) in [7, 11) is 0. The Morgan fingerprint density at radius 2 is 2.26 bits per heavy atom. The monoisotopic (exact) mass is 264 g/mol. The predicted molar refractivity (Wildman–Crippen MR) is 73.1 cm³/mol. The van der Waals surface area contributed by atoms with E-state index in [4.69, 9.17) is 0 Å². The Hall–Kier alpha value is -1.85. The number of rotatable bonds is 6. The Bertz CT molecular complexity index is 508. The zero-order valence-electron chi connectivity index (χ0n) is 11.4. The van der Waals surface area contributed by atoms with Gasteiger partial charge in [0.05, 0.1) is 11.9 Å². The normalized spacial score (nSPS) is 14.2. The van der Waals surface area contributed by atoms with Crippen LogP contribution in [0.4, 0.5) is 5.69 Å². The minimum absolute atomic E-state index is 0.0234. The molecule has 1 heterocycles. The summed E-state index contributed by atoms with van der Waals surface area (Å²) in [6, 6.07) is 1.84. The van der Waals surface area contributed by atoms with Crippen molar-refractivity contribution in [3.05, 3.63) is 22.6 Å². The number of amides is 1. The molecule has 0 aromatic carbocycles. The highest BCUT2D eigenvalue weighted by Gasteiger charge is 2.31. The molecule has 1 aromatic heterocycles. The fraction of sp³-hybridized carbons (Fsp3) is 0.615. The number of carbonyl (C=O) groups excluding carboxylic acids is 1. The van der Waals surface area contributed by atoms with E-state index in [1.807, 2.05) is 18.7 Å². The van der Waals surface area contributed by atoms with Gasteiger partial charge in [-0.15, -0.1) is 0 Å². The zero-order chi connectivity index (χ0) is 13.8. The van der Waals surface area contributed by atoms with Gasteiger partial charge in [0.2, 0.25) is 5.91 Å². The third-order valence-electron chi connectivity index (χ3n) is 3.18. The Balaban J connectivity index is 2.06. The van der Waals surface area contributed by atoms with Crippen molar-refractivity contribution in [2.75, 3.05) is 18.4 Å². The van der Waals surface area contributed by atoms with Crippen molar-refractivity contribution in [1.82, 2.24) is 14.7 Å². The van der Waals surface area contributed by atoms with Crippen molar-refractivity contribution in [3.8, 4) is 0 Å². The standard InChI is InChI=1S/C13H20N4O2/c1-3-14-10-7-12(18)17(15-8-10)9-13(19)16(4-2)11-5-6-11/h7-8,11,14H,3-6,9H2,1-2H3. The van der Waals surface area contributed by atoms with E-state index >= 15 is 0 Å². The van der Waals surface area contributed by atoms with Crippen LogP contribution in [0.3, 0.4) is 0 Å². The van der Waals surface area contributed by atoms with E-state index in [0.717, 1.165) is 19.4 Å². The lowest BCUT2D eigenvalue weighted by molar-refractivity contribution is -0.132. The maximum absolute atomic E-state index is 12.1. The minimum atomic E-state index is -0.251. The van der Waals surface area contributed by atoms with Crippen LogP contribution in [0, 0.1) is 0 Å². The minimum Gasteiger partial charge on any atom is -0.384 e. The van der Waals surface area contributed by atoms with E-state index < -0.39 is 0 Å². The van der Waals surface area contributed by atoms with E-state index in [1.54, 1.807) is 6.20 Å². The molecule has 2 rings (SSSR count). The molecule has 0 unspecified atom stereocenters. The second-order valence-corrected chi connectivity index (χ2v) is 4.68. The molecule has 104 valence electrons. The highest BCUT2D eigenvalue weighted by atomic mass is 16.2. The molecule has 1 amide bonds. The molecule has 1 aromatic rings. The molecule has 19 heavy (non-hydrogen) atoms. The smallest absolute Gasteiger partial charge is 0.269 e. The summed E-state index contributed by atoms with van der Waals surface area (Å²) in [5, 5.41) is 7.05. The first kappa shape index (κ1) is 13.6. The third kappa shape index (κ3) is 3.33. The van der Waals surface area contributed by atoms with Gasteiger partial charge in [-0.2, -0.15) is 5.10 Å². The first-order valence-corrected chi connectivity index (χ1v) is 6.76. The third-order valence-corrected chi connectivity index (χ3v) is 3.18. The molecule has 1 aliphatic carbocycles. The summed E-state index contributed by atoms with van der Waals surface area (Å²) in [4.78, 5) is 25.8. The van der Waals surface area contributed by atoms with Crippen LogP contribution >= 0.6 is 0 Å². The molecular formula is C13H20N4O2. The van der Waals surface area contributed by atoms with Crippen LogP contribution in [0.1, 0.15) is 26.7 Å². The lowest BCUT2D eigenvalue weighted by Crippen LogP contribution is -2.38. The summed E-state index contributed by atoms with van der Waals surface area (Å²) in [5.74, 6) is -0.0317. The number of anilines is 1. The topological polar surface area (TPSA) is 67.2 Å². The number of aromatic nitrogens is 2. The lowest BCUT2D eigenvalue weighted by atomic mass is 10.4. The van der Waals surface area contributed by atoms with E-state index in [2.05, 4.69) is 10.4 Å². The fourth-order valence-electron chi connectivity index (χ4n) is 2.10. The molecule has 0 radical (unpaired) electrons. The van der Waals surface area contributed by atoms with Crippen LogP contribution in [-0.2, 0) is 11.3 Å². The number of carbonyl (C=O) groups is 1. The number of likely N-dealkylation sites (N-methyl/N-ethyl adjacent to an activating group) is 1. The van der Waals surface area contributed by atoms with Gasteiger partial charge in [0.15, 0.2) is 0 Å². The van der Waals surface area contributed by atoms with Gasteiger partial charge in [-0.25, -0.2) is 4.68 Å². The highest BCUT2D eigenvalue weighted by Crippen LogP contribution is 2.26. The van der Waals surface area contributed by atoms with E-state index in [-0.39, 0.29) is 18.0 Å². The highest BCUT2D eigenvalue weighted by molar-refractivity contribution is 5.76. The van der Waals surface area contributed by atoms with Crippen molar-refractivity contribution in [3.63, 3.8) is 0 Å². The van der Waals surface area contributed by atoms with Gasteiger partial charge in [-0.05, 0) is 26.7 Å². The average Bonchev–Trinajstić information content (AvgIpc) is 3.18. The fourth-order valence-corrected chi connectivity index (χ4v) is 2.10. The van der Waals surface area contributed by atoms with Gasteiger partial charge >= 0.3 is 0 Å². The van der Waals surface area contributed by atoms with Gasteiger partial charge in [-0.1, -0.05) is 0 Å². The summed E-state index contributed by atoms with van der Waals surface area (Å²) in [6.45, 7) is 5.35. The van der Waals surface area contributed by atoms with Crippen molar-refractivity contribution in [2.45, 2.75) is 39.3 Å². The van der Waals surface area contributed by atoms with Gasteiger partial charge < -0.3 is 10.2 Å². The average molecular weight is 264 g/mol. The van der Waals surface area contributed by atoms with Crippen LogP contribution in [0.2, 0.25) is 0 Å². The number of nitrogens with zero attached hydrogens (tertiary/aromatic N) is 3. The number of nitrogens with one attached hydrogen (secondary N) is 1. The van der Waals surface area contributed by atoms with Crippen LogP contribution in [-0.4, -0.2) is 39.7 Å². The van der Waals surface area contributed by atoms with Gasteiger partial charge in [0.1, 0.15) is 6.54 Å². The van der Waals surface area contributed by atoms with Gasteiger partial charge in [0, 0.05) is 25.2 Å². The Morgan fingerprint density at radius 1 is 1.53 bits per heavy atom. The van der Waals surface area contributed by atoms with Crippen LogP contribution in [0.5, 0.6) is 0 Å². The summed E-state index contributed by atoms with van der Waals surface area (Å²) < 4.78 is 1.22. The van der Waals surface area contributed by atoms with Crippen molar-refractivity contribution >= 4 is 11.6 Å². The number of hydrogen-bond acceptors (Lipinski definition) is 4. The molecule has 1 aliphatic rings. The van der Waals surface area contributed by atoms with Crippen molar-refractivity contribution in [1.29, 1.82) is 0 Å². The molecular weight excluding hydrogens is 244 g/mol. The maximum Gasteiger partial charge on any atom is 0.269 e. The van der Waals surface area contributed by atoms with E-state index in [0.29, 0.717) is 18.3 Å². The molecule has 0 atom stereocenters. The molecule has 0 spiro atoms. The predicted octanol–water partition coefficient (Wildman–Crippen LogP) is 0.686. The molecule has 6 nitrogen and oxygen atoms in total. The summed E-state index contributed by atoms with van der Waals surface area (Å²) >= 11 is 0. The number of hydrogen-bond donors (Lipinski definition) is 1. The first-order valence-electron chi connectivity index (χ1n) is 6.76. The molecule has 0 saturated heterocycles. The van der Waals surface area contributed by atoms with E-state index in [1.165, 1.54) is 10.7 Å². The zero-order valence-corrected chi connectivity index (χ0v) is 11.4. The second kappa shape index (κ2) is 5.86. The van der Waals surface area contributed by atoms with Crippen molar-refractivity contribution < 1.29 is 4.79 Å². The van der Waals surface area contributed by atoms with Crippen LogP contribution in [0.25, 0.3) is 0 Å². The molecule has 1 fully saturated rings. The molecule has 6 heteroatoms. The second-order valence-electron chi connectivity index (χ2n) is 4.68. The van der Waals surface area contributed by atoms with Crippen LogP contribution in [0.15, 0.2) is 17.1 Å². The Morgan fingerprint density at radius 3 is 2.79 bits per heavy atom. The summed E-state index contributed by atoms with van der Waals surface area (Å²) in [6.07, 6.45) is 3.72. The summed E-state index contributed by atoms with van der Waals surface area (Å²) in [5.41, 5.74) is 0.435. The molecule has 0 aliphatic heterocycles. The first-order chi connectivity index (χ1) is 9.15. The quantitative estimate of drug-likeness (QED) is 0.820. The van der Waals surface area contributed by atoms with Gasteiger partial charge in [0.25, 0.3) is 5.56 Å². The Kier molecular flexibility index (Phi) is 4.19.